The standard InChI is InChI=1S/C12H16N4O/c13-6-10-5-11(14)7-16-12(10)15-3-1-9-2-4-17-8-9/h5,7,9H,1-4,8,14H2,(H,15,16). The minimum absolute atomic E-state index is 0.493. The second-order valence-electron chi connectivity index (χ2n) is 4.22. The average Bonchev–Trinajstić information content (AvgIpc) is 2.84. The van der Waals surface area contributed by atoms with E-state index < -0.39 is 0 Å². The number of nitrogens with one attached hydrogen (secondary N) is 1. The maximum Gasteiger partial charge on any atom is 0.144 e. The first kappa shape index (κ1) is 11.7. The lowest BCUT2D eigenvalue weighted by Gasteiger charge is -2.10. The van der Waals surface area contributed by atoms with Crippen LogP contribution >= 0.6 is 0 Å². The average molecular weight is 232 g/mol. The number of nitrogen functional groups attached to an aromatic ring is 1. The largest absolute Gasteiger partial charge is 0.397 e. The van der Waals surface area contributed by atoms with Gasteiger partial charge in [-0.2, -0.15) is 5.26 Å². The quantitative estimate of drug-likeness (QED) is 0.819. The Morgan fingerprint density at radius 2 is 2.53 bits per heavy atom. The minimum atomic E-state index is 0.493. The molecule has 0 amide bonds. The maximum absolute atomic E-state index is 8.95. The molecule has 1 saturated heterocycles. The van der Waals surface area contributed by atoms with E-state index in [9.17, 15) is 0 Å². The van der Waals surface area contributed by atoms with Crippen LogP contribution in [0.2, 0.25) is 0 Å². The van der Waals surface area contributed by atoms with Crippen LogP contribution in [-0.4, -0.2) is 24.7 Å². The molecule has 1 aromatic heterocycles. The van der Waals surface area contributed by atoms with Crippen molar-refractivity contribution in [2.45, 2.75) is 12.8 Å². The molecule has 1 fully saturated rings. The molecule has 5 nitrogen and oxygen atoms in total. The smallest absolute Gasteiger partial charge is 0.144 e. The summed E-state index contributed by atoms with van der Waals surface area (Å²) in [5.74, 6) is 1.24. The summed E-state index contributed by atoms with van der Waals surface area (Å²) in [4.78, 5) is 4.12. The number of nitrogens with zero attached hydrogens (tertiary/aromatic N) is 2. The van der Waals surface area contributed by atoms with Gasteiger partial charge in [0.1, 0.15) is 11.9 Å². The number of hydrogen-bond donors (Lipinski definition) is 2. The summed E-state index contributed by atoms with van der Waals surface area (Å²) >= 11 is 0. The van der Waals surface area contributed by atoms with Crippen LogP contribution in [0.25, 0.3) is 0 Å². The maximum atomic E-state index is 8.95. The zero-order valence-corrected chi connectivity index (χ0v) is 9.65. The molecule has 1 atom stereocenters. The number of anilines is 2. The van der Waals surface area contributed by atoms with Crippen molar-refractivity contribution in [1.82, 2.24) is 4.98 Å². The van der Waals surface area contributed by atoms with Gasteiger partial charge in [-0.1, -0.05) is 0 Å². The van der Waals surface area contributed by atoms with Gasteiger partial charge in [-0.25, -0.2) is 4.98 Å². The predicted molar refractivity (Wildman–Crippen MR) is 65.4 cm³/mol. The van der Waals surface area contributed by atoms with E-state index in [1.165, 1.54) is 0 Å². The Bertz CT molecular complexity index is 421. The van der Waals surface area contributed by atoms with Crippen molar-refractivity contribution in [2.75, 3.05) is 30.8 Å². The molecule has 2 heterocycles. The van der Waals surface area contributed by atoms with E-state index in [2.05, 4.69) is 16.4 Å². The minimum Gasteiger partial charge on any atom is -0.397 e. The van der Waals surface area contributed by atoms with Gasteiger partial charge in [-0.3, -0.25) is 0 Å². The molecule has 1 aromatic rings. The Morgan fingerprint density at radius 3 is 3.24 bits per heavy atom. The van der Waals surface area contributed by atoms with Gasteiger partial charge in [0.15, 0.2) is 0 Å². The Kier molecular flexibility index (Phi) is 3.78. The van der Waals surface area contributed by atoms with E-state index in [1.54, 1.807) is 12.3 Å². The zero-order chi connectivity index (χ0) is 12.1. The second kappa shape index (κ2) is 5.51. The van der Waals surface area contributed by atoms with Crippen molar-refractivity contribution < 1.29 is 4.74 Å². The third-order valence-electron chi connectivity index (χ3n) is 2.90. The molecule has 1 unspecified atom stereocenters. The summed E-state index contributed by atoms with van der Waals surface area (Å²) < 4.78 is 5.31. The molecule has 5 heteroatoms. The third-order valence-corrected chi connectivity index (χ3v) is 2.90. The Balaban J connectivity index is 1.88. The molecule has 3 N–H and O–H groups in total. The molecule has 90 valence electrons. The summed E-state index contributed by atoms with van der Waals surface area (Å²) in [6.07, 6.45) is 3.72. The Morgan fingerprint density at radius 1 is 1.65 bits per heavy atom. The summed E-state index contributed by atoms with van der Waals surface area (Å²) in [5, 5.41) is 12.1. The first-order valence-electron chi connectivity index (χ1n) is 5.77. The molecular formula is C12H16N4O. The first-order chi connectivity index (χ1) is 8.29. The summed E-state index contributed by atoms with van der Waals surface area (Å²) in [6.45, 7) is 2.52. The van der Waals surface area contributed by atoms with Crippen molar-refractivity contribution >= 4 is 11.5 Å². The van der Waals surface area contributed by atoms with Crippen molar-refractivity contribution in [3.8, 4) is 6.07 Å². The van der Waals surface area contributed by atoms with E-state index in [1.807, 2.05) is 0 Å². The van der Waals surface area contributed by atoms with Gasteiger partial charge in [0.2, 0.25) is 0 Å². The van der Waals surface area contributed by atoms with Crippen LogP contribution in [0.4, 0.5) is 11.5 Å². The van der Waals surface area contributed by atoms with Crippen LogP contribution in [-0.2, 0) is 4.74 Å². The van der Waals surface area contributed by atoms with Gasteiger partial charge in [0.25, 0.3) is 0 Å². The van der Waals surface area contributed by atoms with Crippen molar-refractivity contribution in [1.29, 1.82) is 5.26 Å². The number of nitriles is 1. The Hall–Kier alpha value is -1.80. The van der Waals surface area contributed by atoms with E-state index in [-0.39, 0.29) is 0 Å². The highest BCUT2D eigenvalue weighted by molar-refractivity contribution is 5.57. The van der Waals surface area contributed by atoms with Gasteiger partial charge < -0.3 is 15.8 Å². The monoisotopic (exact) mass is 232 g/mol. The van der Waals surface area contributed by atoms with Crippen molar-refractivity contribution in [3.63, 3.8) is 0 Å². The SMILES string of the molecule is N#Cc1cc(N)cnc1NCCC1CCOC1. The van der Waals surface area contributed by atoms with Crippen LogP contribution in [0.3, 0.4) is 0 Å². The van der Waals surface area contributed by atoms with Gasteiger partial charge in [0, 0.05) is 19.8 Å². The molecule has 2 rings (SSSR count). The Labute approximate surface area is 101 Å². The lowest BCUT2D eigenvalue weighted by atomic mass is 10.1. The summed E-state index contributed by atoms with van der Waals surface area (Å²) in [7, 11) is 0. The molecule has 1 aliphatic rings. The van der Waals surface area contributed by atoms with Gasteiger partial charge in [-0.05, 0) is 24.8 Å². The number of rotatable bonds is 4. The molecule has 0 saturated carbocycles. The molecule has 0 radical (unpaired) electrons. The number of aromatic nitrogens is 1. The first-order valence-corrected chi connectivity index (χ1v) is 5.77. The van der Waals surface area contributed by atoms with Crippen LogP contribution in [0, 0.1) is 17.2 Å². The number of nitrogens with two attached hydrogens (primary N) is 1. The number of hydrogen-bond acceptors (Lipinski definition) is 5. The summed E-state index contributed by atoms with van der Waals surface area (Å²) in [6, 6.07) is 3.72. The van der Waals surface area contributed by atoms with Crippen molar-refractivity contribution in [3.05, 3.63) is 17.8 Å². The van der Waals surface area contributed by atoms with E-state index in [0.29, 0.717) is 23.0 Å². The lowest BCUT2D eigenvalue weighted by Crippen LogP contribution is -2.11. The van der Waals surface area contributed by atoms with Gasteiger partial charge >= 0.3 is 0 Å². The number of ether oxygens (including phenoxy) is 1. The van der Waals surface area contributed by atoms with E-state index >= 15 is 0 Å². The van der Waals surface area contributed by atoms with Crippen molar-refractivity contribution in [2.24, 2.45) is 5.92 Å². The summed E-state index contributed by atoms with van der Waals surface area (Å²) in [5.41, 5.74) is 6.58. The van der Waals surface area contributed by atoms with Crippen LogP contribution < -0.4 is 11.1 Å². The number of pyridine rings is 1. The fraction of sp³-hybridized carbons (Fsp3) is 0.500. The molecule has 0 aliphatic carbocycles. The molecule has 1 aliphatic heterocycles. The van der Waals surface area contributed by atoms with Gasteiger partial charge in [0.05, 0.1) is 17.4 Å². The van der Waals surface area contributed by atoms with Crippen LogP contribution in [0.15, 0.2) is 12.3 Å². The highest BCUT2D eigenvalue weighted by Crippen LogP contribution is 2.18. The van der Waals surface area contributed by atoms with E-state index in [4.69, 9.17) is 15.7 Å². The predicted octanol–water partition coefficient (Wildman–Crippen LogP) is 1.37. The third kappa shape index (κ3) is 3.08. The van der Waals surface area contributed by atoms with Gasteiger partial charge in [-0.15, -0.1) is 0 Å². The fourth-order valence-electron chi connectivity index (χ4n) is 1.91. The molecular weight excluding hydrogens is 216 g/mol. The molecule has 0 bridgehead atoms. The zero-order valence-electron chi connectivity index (χ0n) is 9.65. The lowest BCUT2D eigenvalue weighted by molar-refractivity contribution is 0.185. The fourth-order valence-corrected chi connectivity index (χ4v) is 1.91. The second-order valence-corrected chi connectivity index (χ2v) is 4.22. The topological polar surface area (TPSA) is 84.0 Å². The molecule has 0 aromatic carbocycles. The molecule has 17 heavy (non-hydrogen) atoms. The molecule has 0 spiro atoms. The normalized spacial score (nSPS) is 18.9. The van der Waals surface area contributed by atoms with E-state index in [0.717, 1.165) is 32.6 Å². The highest BCUT2D eigenvalue weighted by atomic mass is 16.5. The van der Waals surface area contributed by atoms with Crippen LogP contribution in [0.1, 0.15) is 18.4 Å². The van der Waals surface area contributed by atoms with Crippen LogP contribution in [0.5, 0.6) is 0 Å². The highest BCUT2D eigenvalue weighted by Gasteiger charge is 2.15.